The fraction of sp³-hybridized carbons (Fsp3) is 0.538. The molecule has 0 aromatic carbocycles. The number of fused-ring (bicyclic) bond motifs is 1. The van der Waals surface area contributed by atoms with Gasteiger partial charge in [0, 0.05) is 17.6 Å². The molecule has 0 fully saturated rings. The molecule has 0 radical (unpaired) electrons. The van der Waals surface area contributed by atoms with Gasteiger partial charge < -0.3 is 5.11 Å². The largest absolute Gasteiger partial charge is 0.395 e. The summed E-state index contributed by atoms with van der Waals surface area (Å²) in [6.45, 7) is 7.21. The third-order valence-electron chi connectivity index (χ3n) is 3.29. The molecule has 2 rings (SSSR count). The Morgan fingerprint density at radius 3 is 2.89 bits per heavy atom. The monoisotopic (exact) mass is 278 g/mol. The van der Waals surface area contributed by atoms with Crippen LogP contribution in [-0.4, -0.2) is 39.1 Å². The summed E-state index contributed by atoms with van der Waals surface area (Å²) < 4.78 is 2.05. The normalized spacial score (nSPS) is 13.1. The van der Waals surface area contributed by atoms with Gasteiger partial charge in [-0.2, -0.15) is 5.26 Å². The predicted molar refractivity (Wildman–Crippen MR) is 75.2 cm³/mol. The number of hydrogen-bond donors (Lipinski definition) is 1. The topological polar surface area (TPSA) is 64.6 Å². The van der Waals surface area contributed by atoms with Crippen molar-refractivity contribution in [3.05, 3.63) is 22.5 Å². The van der Waals surface area contributed by atoms with Crippen LogP contribution < -0.4 is 0 Å². The molecule has 0 bridgehead atoms. The van der Waals surface area contributed by atoms with Gasteiger partial charge in [-0.05, 0) is 20.4 Å². The Balaban J connectivity index is 2.54. The minimum Gasteiger partial charge on any atom is -0.395 e. The highest BCUT2D eigenvalue weighted by Gasteiger charge is 2.25. The van der Waals surface area contributed by atoms with Gasteiger partial charge in [0.15, 0.2) is 4.96 Å². The fourth-order valence-corrected chi connectivity index (χ4v) is 3.28. The van der Waals surface area contributed by atoms with Gasteiger partial charge >= 0.3 is 0 Å². The van der Waals surface area contributed by atoms with Crippen LogP contribution in [0.2, 0.25) is 0 Å². The van der Waals surface area contributed by atoms with E-state index < -0.39 is 0 Å². The van der Waals surface area contributed by atoms with Crippen LogP contribution in [0.25, 0.3) is 4.96 Å². The lowest BCUT2D eigenvalue weighted by Gasteiger charge is -2.25. The lowest BCUT2D eigenvalue weighted by molar-refractivity contribution is 0.178. The van der Waals surface area contributed by atoms with Gasteiger partial charge in [-0.3, -0.25) is 9.30 Å². The average Bonchev–Trinajstić information content (AvgIpc) is 2.90. The Bertz CT molecular complexity index is 610. The number of rotatable bonds is 5. The molecular weight excluding hydrogens is 260 g/mol. The molecule has 1 unspecified atom stereocenters. The lowest BCUT2D eigenvalue weighted by atomic mass is 10.1. The Morgan fingerprint density at radius 1 is 1.58 bits per heavy atom. The molecule has 19 heavy (non-hydrogen) atoms. The Morgan fingerprint density at radius 2 is 2.32 bits per heavy atom. The van der Waals surface area contributed by atoms with Gasteiger partial charge in [0.1, 0.15) is 6.04 Å². The van der Waals surface area contributed by atoms with E-state index in [1.54, 1.807) is 11.3 Å². The number of nitriles is 1. The molecule has 0 saturated heterocycles. The van der Waals surface area contributed by atoms with Crippen molar-refractivity contribution in [3.8, 4) is 6.07 Å². The summed E-state index contributed by atoms with van der Waals surface area (Å²) in [5, 5.41) is 20.7. The summed E-state index contributed by atoms with van der Waals surface area (Å²) in [6, 6.07) is 1.97. The van der Waals surface area contributed by atoms with Gasteiger partial charge in [0.2, 0.25) is 0 Å². The number of hydrogen-bond acceptors (Lipinski definition) is 5. The van der Waals surface area contributed by atoms with Crippen LogP contribution in [-0.2, 0) is 0 Å². The van der Waals surface area contributed by atoms with Gasteiger partial charge in [-0.25, -0.2) is 4.98 Å². The van der Waals surface area contributed by atoms with E-state index in [4.69, 9.17) is 5.11 Å². The number of aliphatic hydroxyl groups excluding tert-OH is 1. The highest BCUT2D eigenvalue weighted by molar-refractivity contribution is 7.15. The standard InChI is InChI=1S/C13H18N4OS/c1-4-16(5-6-18)11(7-14)12-10(3)15-13-17(12)9(2)8-19-13/h8,11,18H,4-6H2,1-3H3. The van der Waals surface area contributed by atoms with E-state index in [0.717, 1.165) is 22.0 Å². The zero-order valence-corrected chi connectivity index (χ0v) is 12.2. The van der Waals surface area contributed by atoms with Gasteiger partial charge in [0.25, 0.3) is 0 Å². The maximum absolute atomic E-state index is 9.53. The summed E-state index contributed by atoms with van der Waals surface area (Å²) in [5.41, 5.74) is 2.90. The molecule has 2 aromatic rings. The van der Waals surface area contributed by atoms with Gasteiger partial charge in [-0.15, -0.1) is 11.3 Å². The smallest absolute Gasteiger partial charge is 0.194 e. The fourth-order valence-electron chi connectivity index (χ4n) is 2.36. The Kier molecular flexibility index (Phi) is 4.20. The van der Waals surface area contributed by atoms with Gasteiger partial charge in [0.05, 0.1) is 24.1 Å². The third-order valence-corrected chi connectivity index (χ3v) is 4.24. The van der Waals surface area contributed by atoms with E-state index in [2.05, 4.69) is 11.1 Å². The van der Waals surface area contributed by atoms with E-state index in [9.17, 15) is 5.26 Å². The zero-order chi connectivity index (χ0) is 14.0. The van der Waals surface area contributed by atoms with Crippen LogP contribution in [0.5, 0.6) is 0 Å². The molecule has 1 atom stereocenters. The van der Waals surface area contributed by atoms with E-state index >= 15 is 0 Å². The van der Waals surface area contributed by atoms with Crippen LogP contribution >= 0.6 is 11.3 Å². The lowest BCUT2D eigenvalue weighted by Crippen LogP contribution is -2.31. The maximum Gasteiger partial charge on any atom is 0.194 e. The second-order valence-corrected chi connectivity index (χ2v) is 5.30. The summed E-state index contributed by atoms with van der Waals surface area (Å²) in [6.07, 6.45) is 0. The molecule has 0 aliphatic heterocycles. The number of aliphatic hydroxyl groups is 1. The van der Waals surface area contributed by atoms with Crippen molar-refractivity contribution in [2.75, 3.05) is 19.7 Å². The van der Waals surface area contributed by atoms with Crippen LogP contribution in [0.15, 0.2) is 5.38 Å². The van der Waals surface area contributed by atoms with E-state index in [0.29, 0.717) is 13.1 Å². The number of likely N-dealkylation sites (N-methyl/N-ethyl adjacent to an activating group) is 1. The predicted octanol–water partition coefficient (Wildman–Crippen LogP) is 1.89. The average molecular weight is 278 g/mol. The van der Waals surface area contributed by atoms with Crippen molar-refractivity contribution < 1.29 is 5.11 Å². The highest BCUT2D eigenvalue weighted by Crippen LogP contribution is 2.28. The summed E-state index contributed by atoms with van der Waals surface area (Å²) >= 11 is 1.58. The SMILES string of the molecule is CCN(CCO)C(C#N)c1c(C)nc2scc(C)n12. The molecule has 5 nitrogen and oxygen atoms in total. The first kappa shape index (κ1) is 14.0. The molecular formula is C13H18N4OS. The van der Waals surface area contributed by atoms with Crippen molar-refractivity contribution in [2.45, 2.75) is 26.8 Å². The zero-order valence-electron chi connectivity index (χ0n) is 11.4. The first-order valence-corrected chi connectivity index (χ1v) is 7.19. The summed E-state index contributed by atoms with van der Waals surface area (Å²) in [7, 11) is 0. The third kappa shape index (κ3) is 2.37. The number of aryl methyl sites for hydroxylation is 2. The Hall–Kier alpha value is -1.42. The highest BCUT2D eigenvalue weighted by atomic mass is 32.1. The van der Waals surface area contributed by atoms with Crippen molar-refractivity contribution in [1.29, 1.82) is 5.26 Å². The number of imidazole rings is 1. The van der Waals surface area contributed by atoms with Gasteiger partial charge in [-0.1, -0.05) is 6.92 Å². The molecule has 2 heterocycles. The summed E-state index contributed by atoms with van der Waals surface area (Å²) in [4.78, 5) is 7.41. The van der Waals surface area contributed by atoms with Crippen molar-refractivity contribution in [3.63, 3.8) is 0 Å². The minimum absolute atomic E-state index is 0.0512. The maximum atomic E-state index is 9.53. The molecule has 102 valence electrons. The first-order chi connectivity index (χ1) is 9.13. The molecule has 0 saturated carbocycles. The second-order valence-electron chi connectivity index (χ2n) is 4.46. The van der Waals surface area contributed by atoms with E-state index in [-0.39, 0.29) is 12.6 Å². The molecule has 1 N–H and O–H groups in total. The molecule has 0 aliphatic rings. The Labute approximate surface area is 116 Å². The quantitative estimate of drug-likeness (QED) is 0.907. The number of nitrogens with zero attached hydrogens (tertiary/aromatic N) is 4. The first-order valence-electron chi connectivity index (χ1n) is 6.31. The molecule has 2 aromatic heterocycles. The molecule has 0 spiro atoms. The van der Waals surface area contributed by atoms with E-state index in [1.165, 1.54) is 0 Å². The van der Waals surface area contributed by atoms with Crippen LogP contribution in [0.4, 0.5) is 0 Å². The number of thiazole rings is 1. The van der Waals surface area contributed by atoms with Crippen molar-refractivity contribution in [2.24, 2.45) is 0 Å². The van der Waals surface area contributed by atoms with Crippen LogP contribution in [0.1, 0.15) is 30.0 Å². The molecule has 6 heteroatoms. The van der Waals surface area contributed by atoms with Crippen LogP contribution in [0.3, 0.4) is 0 Å². The molecule has 0 aliphatic carbocycles. The minimum atomic E-state index is -0.375. The van der Waals surface area contributed by atoms with Crippen molar-refractivity contribution in [1.82, 2.24) is 14.3 Å². The molecule has 0 amide bonds. The second kappa shape index (κ2) is 5.70. The van der Waals surface area contributed by atoms with Crippen LogP contribution in [0, 0.1) is 25.2 Å². The van der Waals surface area contributed by atoms with E-state index in [1.807, 2.05) is 35.5 Å². The number of aromatic nitrogens is 2. The summed E-state index contributed by atoms with van der Waals surface area (Å²) in [5.74, 6) is 0. The van der Waals surface area contributed by atoms with Crippen molar-refractivity contribution >= 4 is 16.3 Å².